The fourth-order valence-corrected chi connectivity index (χ4v) is 3.21. The molecule has 1 amide bonds. The lowest BCUT2D eigenvalue weighted by molar-refractivity contribution is -0.117. The first kappa shape index (κ1) is 19.4. The number of nitrogens with zero attached hydrogens (tertiary/aromatic N) is 1. The van der Waals surface area contributed by atoms with Gasteiger partial charge in [-0.3, -0.25) is 9.69 Å². The largest absolute Gasteiger partial charge is 0.329 e. The van der Waals surface area contributed by atoms with Gasteiger partial charge in [-0.05, 0) is 43.0 Å². The molecule has 0 aliphatic heterocycles. The zero-order valence-corrected chi connectivity index (χ0v) is 15.6. The molecule has 0 saturated carbocycles. The fourth-order valence-electron chi connectivity index (χ4n) is 2.84. The lowest BCUT2D eigenvalue weighted by atomic mass is 10.1. The molecule has 4 nitrogen and oxygen atoms in total. The van der Waals surface area contributed by atoms with Crippen molar-refractivity contribution in [2.75, 3.05) is 31.5 Å². The van der Waals surface area contributed by atoms with E-state index in [1.807, 2.05) is 44.2 Å². The molecule has 0 aromatic heterocycles. The van der Waals surface area contributed by atoms with Gasteiger partial charge in [-0.25, -0.2) is 0 Å². The normalized spacial score (nSPS) is 10.9. The van der Waals surface area contributed by atoms with Gasteiger partial charge in [-0.2, -0.15) is 0 Å². The van der Waals surface area contributed by atoms with Gasteiger partial charge < -0.3 is 11.1 Å². The van der Waals surface area contributed by atoms with Crippen molar-refractivity contribution in [2.24, 2.45) is 5.73 Å². The van der Waals surface area contributed by atoms with E-state index in [9.17, 15) is 4.79 Å². The number of benzene rings is 2. The van der Waals surface area contributed by atoms with E-state index >= 15 is 0 Å². The molecule has 2 rings (SSSR count). The summed E-state index contributed by atoms with van der Waals surface area (Å²) in [4.78, 5) is 14.5. The van der Waals surface area contributed by atoms with Gasteiger partial charge in [-0.15, -0.1) is 0 Å². The van der Waals surface area contributed by atoms with Gasteiger partial charge in [0.1, 0.15) is 0 Å². The predicted octanol–water partition coefficient (Wildman–Crippen LogP) is 3.40. The number of nitrogens with two attached hydrogens (primary N) is 1. The van der Waals surface area contributed by atoms with Crippen LogP contribution in [-0.2, 0) is 11.2 Å². The van der Waals surface area contributed by atoms with Crippen LogP contribution in [0.25, 0.3) is 0 Å². The molecule has 0 aliphatic rings. The Morgan fingerprint density at radius 2 is 1.88 bits per heavy atom. The maximum absolute atomic E-state index is 12.4. The summed E-state index contributed by atoms with van der Waals surface area (Å²) in [6.07, 6.45) is 0.887. The van der Waals surface area contributed by atoms with Gasteiger partial charge in [0.2, 0.25) is 5.91 Å². The maximum Gasteiger partial charge on any atom is 0.238 e. The Hall–Kier alpha value is -1.88. The average Bonchev–Trinajstić information content (AvgIpc) is 2.57. The number of nitrogens with one attached hydrogen (secondary N) is 1. The van der Waals surface area contributed by atoms with Crippen LogP contribution in [0.5, 0.6) is 0 Å². The third-order valence-corrected chi connectivity index (χ3v) is 4.37. The van der Waals surface area contributed by atoms with Crippen LogP contribution in [0.3, 0.4) is 0 Å². The first-order valence-corrected chi connectivity index (χ1v) is 8.90. The number of hydrogen-bond acceptors (Lipinski definition) is 3. The highest BCUT2D eigenvalue weighted by Crippen LogP contribution is 2.27. The van der Waals surface area contributed by atoms with Crippen molar-refractivity contribution in [3.63, 3.8) is 0 Å². The van der Waals surface area contributed by atoms with Crippen LogP contribution in [0, 0.1) is 13.8 Å². The highest BCUT2D eigenvalue weighted by atomic mass is 35.5. The SMILES string of the molecule is Cc1cc(C)c(NC(=O)CN(CCN)CCc2ccccc2)c(Cl)c1. The van der Waals surface area contributed by atoms with Gasteiger partial charge in [0.15, 0.2) is 0 Å². The number of anilines is 1. The van der Waals surface area contributed by atoms with Crippen LogP contribution in [0.2, 0.25) is 5.02 Å². The van der Waals surface area contributed by atoms with Gasteiger partial charge in [0.25, 0.3) is 0 Å². The molecular formula is C20H26ClN3O. The minimum atomic E-state index is -0.0737. The molecule has 134 valence electrons. The van der Waals surface area contributed by atoms with Gasteiger partial charge in [-0.1, -0.05) is 48.0 Å². The second-order valence-electron chi connectivity index (χ2n) is 6.29. The van der Waals surface area contributed by atoms with Crippen LogP contribution < -0.4 is 11.1 Å². The lowest BCUT2D eigenvalue weighted by Crippen LogP contribution is -2.38. The standard InChI is InChI=1S/C20H26ClN3O/c1-15-12-16(2)20(18(21)13-15)23-19(25)14-24(11-9-22)10-8-17-6-4-3-5-7-17/h3-7,12-13H,8-11,14,22H2,1-2H3,(H,23,25). The van der Waals surface area contributed by atoms with E-state index in [2.05, 4.69) is 22.3 Å². The van der Waals surface area contributed by atoms with Gasteiger partial charge >= 0.3 is 0 Å². The lowest BCUT2D eigenvalue weighted by Gasteiger charge is -2.21. The molecule has 0 spiro atoms. The van der Waals surface area contributed by atoms with E-state index in [4.69, 9.17) is 17.3 Å². The van der Waals surface area contributed by atoms with Crippen molar-refractivity contribution in [3.05, 3.63) is 64.2 Å². The van der Waals surface area contributed by atoms with E-state index in [0.29, 0.717) is 30.3 Å². The van der Waals surface area contributed by atoms with Crippen molar-refractivity contribution in [1.29, 1.82) is 0 Å². The van der Waals surface area contributed by atoms with Crippen LogP contribution in [0.15, 0.2) is 42.5 Å². The van der Waals surface area contributed by atoms with Crippen LogP contribution in [-0.4, -0.2) is 37.0 Å². The second-order valence-corrected chi connectivity index (χ2v) is 6.69. The average molecular weight is 360 g/mol. The third kappa shape index (κ3) is 6.16. The van der Waals surface area contributed by atoms with Gasteiger partial charge in [0, 0.05) is 19.6 Å². The molecule has 25 heavy (non-hydrogen) atoms. The summed E-state index contributed by atoms with van der Waals surface area (Å²) in [5.74, 6) is -0.0737. The molecular weight excluding hydrogens is 334 g/mol. The zero-order chi connectivity index (χ0) is 18.2. The highest BCUT2D eigenvalue weighted by Gasteiger charge is 2.13. The smallest absolute Gasteiger partial charge is 0.238 e. The molecule has 0 heterocycles. The first-order valence-electron chi connectivity index (χ1n) is 8.52. The van der Waals surface area contributed by atoms with Crippen molar-refractivity contribution in [2.45, 2.75) is 20.3 Å². The number of halogens is 1. The molecule has 0 bridgehead atoms. The molecule has 5 heteroatoms. The molecule has 0 saturated heterocycles. The highest BCUT2D eigenvalue weighted by molar-refractivity contribution is 6.34. The molecule has 3 N–H and O–H groups in total. The number of hydrogen-bond donors (Lipinski definition) is 2. The van der Waals surface area contributed by atoms with Crippen LogP contribution >= 0.6 is 11.6 Å². The molecule has 0 radical (unpaired) electrons. The van der Waals surface area contributed by atoms with E-state index in [-0.39, 0.29) is 5.91 Å². The Bertz CT molecular complexity index is 680. The number of carbonyl (C=O) groups is 1. The summed E-state index contributed by atoms with van der Waals surface area (Å²) in [7, 11) is 0. The van der Waals surface area contributed by atoms with Crippen molar-refractivity contribution < 1.29 is 4.79 Å². The van der Waals surface area contributed by atoms with Crippen molar-refractivity contribution in [3.8, 4) is 0 Å². The molecule has 2 aromatic rings. The first-order chi connectivity index (χ1) is 12.0. The summed E-state index contributed by atoms with van der Waals surface area (Å²) in [5.41, 5.74) is 9.68. The number of carbonyl (C=O) groups excluding carboxylic acids is 1. The molecule has 0 unspecified atom stereocenters. The Labute approximate surface area is 155 Å². The summed E-state index contributed by atoms with van der Waals surface area (Å²) >= 11 is 6.27. The van der Waals surface area contributed by atoms with E-state index in [0.717, 1.165) is 24.1 Å². The molecule has 2 aromatic carbocycles. The summed E-state index contributed by atoms with van der Waals surface area (Å²) in [5, 5.41) is 3.51. The summed E-state index contributed by atoms with van der Waals surface area (Å²) in [6.45, 7) is 6.22. The van der Waals surface area contributed by atoms with Crippen molar-refractivity contribution >= 4 is 23.2 Å². The molecule has 0 fully saturated rings. The topological polar surface area (TPSA) is 58.4 Å². The Morgan fingerprint density at radius 1 is 1.16 bits per heavy atom. The Balaban J connectivity index is 1.95. The Kier molecular flexibility index (Phi) is 7.44. The minimum absolute atomic E-state index is 0.0737. The number of rotatable bonds is 8. The summed E-state index contributed by atoms with van der Waals surface area (Å²) in [6, 6.07) is 14.1. The summed E-state index contributed by atoms with van der Waals surface area (Å²) < 4.78 is 0. The van der Waals surface area contributed by atoms with Crippen LogP contribution in [0.1, 0.15) is 16.7 Å². The number of aryl methyl sites for hydroxylation is 2. The third-order valence-electron chi connectivity index (χ3n) is 4.07. The minimum Gasteiger partial charge on any atom is -0.329 e. The van der Waals surface area contributed by atoms with E-state index in [1.165, 1.54) is 5.56 Å². The second kappa shape index (κ2) is 9.56. The maximum atomic E-state index is 12.4. The fraction of sp³-hybridized carbons (Fsp3) is 0.350. The van der Waals surface area contributed by atoms with Crippen molar-refractivity contribution in [1.82, 2.24) is 4.90 Å². The number of amides is 1. The van der Waals surface area contributed by atoms with Crippen LogP contribution in [0.4, 0.5) is 5.69 Å². The van der Waals surface area contributed by atoms with E-state index in [1.54, 1.807) is 0 Å². The quantitative estimate of drug-likeness (QED) is 0.759. The Morgan fingerprint density at radius 3 is 2.52 bits per heavy atom. The molecule has 0 atom stereocenters. The van der Waals surface area contributed by atoms with Gasteiger partial charge in [0.05, 0.1) is 17.3 Å². The predicted molar refractivity (Wildman–Crippen MR) is 105 cm³/mol. The van der Waals surface area contributed by atoms with E-state index < -0.39 is 0 Å². The molecule has 0 aliphatic carbocycles. The monoisotopic (exact) mass is 359 g/mol. The zero-order valence-electron chi connectivity index (χ0n) is 14.9.